The molecule has 0 bridgehead atoms. The quantitative estimate of drug-likeness (QED) is 0.406. The molecule has 1 unspecified atom stereocenters. The fourth-order valence-electron chi connectivity index (χ4n) is 4.43. The van der Waals surface area contributed by atoms with Gasteiger partial charge in [-0.3, -0.25) is 6.08 Å². The monoisotopic (exact) mass is 519 g/mol. The Morgan fingerprint density at radius 2 is 1.47 bits per heavy atom. The molecule has 2 rings (SSSR count). The first-order valence-corrected chi connectivity index (χ1v) is 14.2. The summed E-state index contributed by atoms with van der Waals surface area (Å²) < 4.78 is 0.375. The van der Waals surface area contributed by atoms with Gasteiger partial charge in [0.05, 0.1) is 8.07 Å². The number of rotatable bonds is 3. The van der Waals surface area contributed by atoms with E-state index in [2.05, 4.69) is 118 Å². The van der Waals surface area contributed by atoms with Crippen LogP contribution in [0.2, 0.25) is 13.1 Å². The summed E-state index contributed by atoms with van der Waals surface area (Å²) in [7, 11) is -1.82. The Morgan fingerprint density at radius 3 is 1.83 bits per heavy atom. The molecule has 2 aliphatic rings. The van der Waals surface area contributed by atoms with Crippen molar-refractivity contribution in [1.82, 2.24) is 0 Å². The van der Waals surface area contributed by atoms with Crippen molar-refractivity contribution < 1.29 is 46.5 Å². The molecule has 0 nitrogen and oxygen atoms in total. The summed E-state index contributed by atoms with van der Waals surface area (Å²) in [5, 5.41) is 1.52. The minimum absolute atomic E-state index is 0. The molecule has 0 aromatic carbocycles. The third-order valence-electron chi connectivity index (χ3n) is 5.88. The molecule has 1 atom stereocenters. The Hall–Kier alpha value is 0.821. The molecule has 0 heterocycles. The zero-order chi connectivity index (χ0) is 20.9. The van der Waals surface area contributed by atoms with Crippen LogP contribution in [-0.2, 0) is 21.7 Å². The van der Waals surface area contributed by atoms with Crippen molar-refractivity contribution in [1.29, 1.82) is 0 Å². The maximum atomic E-state index is 3.72. The Morgan fingerprint density at radius 1 is 0.933 bits per heavy atom. The van der Waals surface area contributed by atoms with E-state index in [1.807, 2.05) is 0 Å². The van der Waals surface area contributed by atoms with E-state index in [1.165, 1.54) is 10.8 Å². The van der Waals surface area contributed by atoms with Crippen LogP contribution in [0, 0.1) is 16.9 Å². The van der Waals surface area contributed by atoms with E-state index in [0.717, 1.165) is 12.8 Å². The second-order valence-corrected chi connectivity index (χ2v) is 18.9. The van der Waals surface area contributed by atoms with E-state index in [9.17, 15) is 0 Å². The summed E-state index contributed by atoms with van der Waals surface area (Å²) in [5.41, 5.74) is 3.49. The maximum Gasteiger partial charge on any atom is 3.00 e. The van der Waals surface area contributed by atoms with E-state index in [1.54, 1.807) is 5.57 Å². The molecule has 0 amide bonds. The zero-order valence-corrected chi connectivity index (χ0v) is 25.8. The summed E-state index contributed by atoms with van der Waals surface area (Å²) >= 11 is 2.22. The largest absolute Gasteiger partial charge is 3.00 e. The molecule has 1 radical (unpaired) electrons. The predicted octanol–water partition coefficient (Wildman–Crippen LogP) is 2.09. The Bertz CT molecular complexity index is 713. The topological polar surface area (TPSA) is 0 Å². The summed E-state index contributed by atoms with van der Waals surface area (Å²) in [4.78, 5) is 0. The van der Waals surface area contributed by atoms with Crippen molar-refractivity contribution in [2.75, 3.05) is 0 Å². The van der Waals surface area contributed by atoms with Gasteiger partial charge in [-0.15, -0.1) is 18.2 Å². The fraction of sp³-hybridized carbons (Fsp3) is 0.680. The van der Waals surface area contributed by atoms with E-state index < -0.39 is 8.07 Å². The number of hydrogen-bond acceptors (Lipinski definition) is 1. The minimum Gasteiger partial charge on any atom is -1.00 e. The van der Waals surface area contributed by atoms with Gasteiger partial charge in [0.2, 0.25) is 0 Å². The first-order valence-electron chi connectivity index (χ1n) is 10.4. The van der Waals surface area contributed by atoms with Crippen LogP contribution in [0.15, 0.2) is 40.6 Å². The van der Waals surface area contributed by atoms with Crippen LogP contribution >= 0.6 is 11.8 Å². The summed E-state index contributed by atoms with van der Waals surface area (Å²) in [6.07, 6.45) is 15.7. The van der Waals surface area contributed by atoms with Gasteiger partial charge in [-0.05, 0) is 22.8 Å². The number of allylic oxidation sites excluding steroid dienone is 7. The molecule has 0 aromatic heterocycles. The van der Waals surface area contributed by atoms with Crippen LogP contribution in [0.3, 0.4) is 0 Å². The van der Waals surface area contributed by atoms with Gasteiger partial charge >= 0.3 is 21.7 Å². The Labute approximate surface area is 220 Å². The number of halogens is 2. The van der Waals surface area contributed by atoms with Crippen molar-refractivity contribution in [3.05, 3.63) is 46.7 Å². The van der Waals surface area contributed by atoms with Gasteiger partial charge in [-0.1, -0.05) is 93.1 Å². The SMILES string of the molecule is CC(C)(C)SC1([Si](C)(C)C2=[C-]CC=C2)CC=C(C(C)(C)C)C=C1C(C)(C)C.[Cl-].[Cl-].[Ti+3]. The molecule has 0 saturated heterocycles. The smallest absolute Gasteiger partial charge is 1.00 e. The summed E-state index contributed by atoms with van der Waals surface area (Å²) in [5.74, 6) is 0. The Balaban J connectivity index is 0. The van der Waals surface area contributed by atoms with Crippen LogP contribution in [-0.4, -0.2) is 17.2 Å². The van der Waals surface area contributed by atoms with Gasteiger partial charge < -0.3 is 24.8 Å². The molecule has 0 N–H and O–H groups in total. The standard InChI is InChI=1S/C25H41SSi.2ClH.Ti/c1-22(2,3)19-16-17-25(26-24(7,8)9,21(18-19)23(4,5)6)27(10,11)20-14-12-13-15-20;;;/h12,14,16,18H,13,17H2,1-11H3;2*1H;/q-1;;;+3/p-2. The zero-order valence-electron chi connectivity index (χ0n) is 20.9. The van der Waals surface area contributed by atoms with Gasteiger partial charge in [-0.2, -0.15) is 6.08 Å². The van der Waals surface area contributed by atoms with Crippen molar-refractivity contribution >= 4 is 19.8 Å². The molecular formula is C25H41Cl2SSiTi. The van der Waals surface area contributed by atoms with E-state index in [0.29, 0.717) is 0 Å². The molecule has 169 valence electrons. The van der Waals surface area contributed by atoms with Crippen molar-refractivity contribution in [2.45, 2.75) is 97.4 Å². The minimum atomic E-state index is -1.82. The fourth-order valence-corrected chi connectivity index (χ4v) is 11.6. The maximum absolute atomic E-state index is 3.72. The van der Waals surface area contributed by atoms with E-state index in [-0.39, 0.29) is 66.5 Å². The van der Waals surface area contributed by atoms with Gasteiger partial charge in [0.25, 0.3) is 0 Å². The second-order valence-electron chi connectivity index (χ2n) is 11.8. The third-order valence-corrected chi connectivity index (χ3v) is 13.2. The molecule has 0 saturated carbocycles. The molecule has 2 aliphatic carbocycles. The first kappa shape index (κ1) is 33.0. The van der Waals surface area contributed by atoms with Crippen molar-refractivity contribution in [3.8, 4) is 0 Å². The van der Waals surface area contributed by atoms with Crippen LogP contribution in [0.4, 0.5) is 0 Å². The molecular weight excluding hydrogens is 479 g/mol. The summed E-state index contributed by atoms with van der Waals surface area (Å²) in [6, 6.07) is 0. The molecule has 0 spiro atoms. The van der Waals surface area contributed by atoms with Gasteiger partial charge in [-0.25, -0.2) is 11.3 Å². The van der Waals surface area contributed by atoms with Gasteiger partial charge in [0.15, 0.2) is 0 Å². The predicted molar refractivity (Wildman–Crippen MR) is 128 cm³/mol. The summed E-state index contributed by atoms with van der Waals surface area (Å²) in [6.45, 7) is 26.6. The molecule has 5 heteroatoms. The normalized spacial score (nSPS) is 22.2. The first-order chi connectivity index (χ1) is 12.0. The van der Waals surface area contributed by atoms with E-state index in [4.69, 9.17) is 0 Å². The van der Waals surface area contributed by atoms with Crippen molar-refractivity contribution in [3.63, 3.8) is 0 Å². The van der Waals surface area contributed by atoms with Crippen LogP contribution < -0.4 is 24.8 Å². The molecule has 0 aliphatic heterocycles. The molecule has 30 heavy (non-hydrogen) atoms. The third kappa shape index (κ3) is 6.91. The number of thioether (sulfide) groups is 1. The van der Waals surface area contributed by atoms with Crippen LogP contribution in [0.1, 0.15) is 75.2 Å². The van der Waals surface area contributed by atoms with Gasteiger partial charge in [0.1, 0.15) is 0 Å². The molecule has 0 aromatic rings. The van der Waals surface area contributed by atoms with Crippen LogP contribution in [0.25, 0.3) is 0 Å². The second kappa shape index (κ2) is 10.8. The van der Waals surface area contributed by atoms with Crippen LogP contribution in [0.5, 0.6) is 0 Å². The Kier molecular flexibility index (Phi) is 11.9. The van der Waals surface area contributed by atoms with Crippen molar-refractivity contribution in [2.24, 2.45) is 10.8 Å². The van der Waals surface area contributed by atoms with Gasteiger partial charge in [0, 0.05) is 9.12 Å². The molecule has 0 fully saturated rings. The average Bonchev–Trinajstić information content (AvgIpc) is 2.97. The number of hydrogen-bond donors (Lipinski definition) is 0. The average molecular weight is 521 g/mol. The van der Waals surface area contributed by atoms with E-state index >= 15 is 0 Å².